The van der Waals surface area contributed by atoms with Gasteiger partial charge in [-0.3, -0.25) is 4.79 Å². The molecule has 3 aromatic carbocycles. The number of fused-ring (bicyclic) bond motifs is 1. The number of hydrogen-bond acceptors (Lipinski definition) is 3. The number of amides is 1. The molecular formula is C21H15Cl2FN2O2. The largest absolute Gasteiger partial charge is 0.454 e. The van der Waals surface area contributed by atoms with E-state index in [1.807, 2.05) is 0 Å². The summed E-state index contributed by atoms with van der Waals surface area (Å²) in [5.74, 6) is 0.125. The number of nitrogen functional groups attached to an aromatic ring is 1. The fourth-order valence-electron chi connectivity index (χ4n) is 3.22. The van der Waals surface area contributed by atoms with Crippen molar-refractivity contribution < 1.29 is 13.9 Å². The van der Waals surface area contributed by atoms with Gasteiger partial charge >= 0.3 is 0 Å². The molecule has 0 saturated carbocycles. The minimum Gasteiger partial charge on any atom is -0.454 e. The van der Waals surface area contributed by atoms with Crippen molar-refractivity contribution in [2.24, 2.45) is 0 Å². The zero-order chi connectivity index (χ0) is 19.8. The van der Waals surface area contributed by atoms with E-state index in [-0.39, 0.29) is 11.6 Å². The van der Waals surface area contributed by atoms with Gasteiger partial charge < -0.3 is 15.4 Å². The van der Waals surface area contributed by atoms with Gasteiger partial charge in [-0.05, 0) is 54.4 Å². The highest BCUT2D eigenvalue weighted by atomic mass is 35.5. The minimum atomic E-state index is -0.424. The Kier molecular flexibility index (Phi) is 4.87. The molecule has 0 aliphatic carbocycles. The van der Waals surface area contributed by atoms with E-state index in [1.54, 1.807) is 48.5 Å². The Hall–Kier alpha value is -2.76. The fourth-order valence-corrected chi connectivity index (χ4v) is 3.80. The highest BCUT2D eigenvalue weighted by Gasteiger charge is 2.27. The molecule has 4 rings (SSSR count). The molecular weight excluding hydrogens is 402 g/mol. The molecule has 1 amide bonds. The first-order chi connectivity index (χ1) is 13.4. The lowest BCUT2D eigenvalue weighted by Crippen LogP contribution is -2.38. The number of nitrogens with zero attached hydrogens (tertiary/aromatic N) is 1. The monoisotopic (exact) mass is 416 g/mol. The van der Waals surface area contributed by atoms with Gasteiger partial charge in [0.15, 0.2) is 5.75 Å². The van der Waals surface area contributed by atoms with Gasteiger partial charge in [0.25, 0.3) is 5.91 Å². The van der Waals surface area contributed by atoms with Crippen molar-refractivity contribution in [1.29, 1.82) is 0 Å². The van der Waals surface area contributed by atoms with E-state index in [9.17, 15) is 9.18 Å². The van der Waals surface area contributed by atoms with E-state index in [0.717, 1.165) is 5.56 Å². The number of ether oxygens (including phenoxy) is 1. The zero-order valence-electron chi connectivity index (χ0n) is 14.6. The van der Waals surface area contributed by atoms with Crippen LogP contribution < -0.4 is 15.4 Å². The number of carbonyl (C=O) groups excluding carboxylic acids is 1. The SMILES string of the molecule is Nc1cc(Cl)c(Oc2ccc3c(c2)CCN(c2ccccc2F)C3=O)c(Cl)c1. The normalized spacial score (nSPS) is 13.4. The highest BCUT2D eigenvalue weighted by molar-refractivity contribution is 6.37. The molecule has 0 saturated heterocycles. The van der Waals surface area contributed by atoms with Crippen LogP contribution in [-0.2, 0) is 6.42 Å². The second-order valence-electron chi connectivity index (χ2n) is 6.39. The van der Waals surface area contributed by atoms with E-state index in [1.165, 1.54) is 11.0 Å². The molecule has 28 heavy (non-hydrogen) atoms. The molecule has 0 aromatic heterocycles. The topological polar surface area (TPSA) is 55.6 Å². The maximum absolute atomic E-state index is 14.1. The van der Waals surface area contributed by atoms with Crippen molar-refractivity contribution in [2.75, 3.05) is 17.2 Å². The molecule has 1 aliphatic heterocycles. The molecule has 1 heterocycles. The summed E-state index contributed by atoms with van der Waals surface area (Å²) in [5.41, 5.74) is 7.75. The first-order valence-electron chi connectivity index (χ1n) is 8.56. The van der Waals surface area contributed by atoms with Gasteiger partial charge in [-0.25, -0.2) is 4.39 Å². The second-order valence-corrected chi connectivity index (χ2v) is 7.21. The molecule has 2 N–H and O–H groups in total. The van der Waals surface area contributed by atoms with E-state index >= 15 is 0 Å². The van der Waals surface area contributed by atoms with Gasteiger partial charge in [0.1, 0.15) is 11.6 Å². The van der Waals surface area contributed by atoms with Crippen LogP contribution in [0, 0.1) is 5.82 Å². The highest BCUT2D eigenvalue weighted by Crippen LogP contribution is 2.39. The predicted octanol–water partition coefficient (Wildman–Crippen LogP) is 5.71. The molecule has 142 valence electrons. The van der Waals surface area contributed by atoms with E-state index in [4.69, 9.17) is 33.7 Å². The van der Waals surface area contributed by atoms with Crippen molar-refractivity contribution in [3.63, 3.8) is 0 Å². The third-order valence-corrected chi connectivity index (χ3v) is 5.10. The lowest BCUT2D eigenvalue weighted by Gasteiger charge is -2.29. The van der Waals surface area contributed by atoms with E-state index in [0.29, 0.717) is 45.8 Å². The van der Waals surface area contributed by atoms with Crippen LogP contribution in [0.25, 0.3) is 0 Å². The first-order valence-corrected chi connectivity index (χ1v) is 9.31. The number of halogens is 3. The zero-order valence-corrected chi connectivity index (χ0v) is 16.1. The Balaban J connectivity index is 1.63. The van der Waals surface area contributed by atoms with Crippen molar-refractivity contribution in [3.8, 4) is 11.5 Å². The molecule has 0 bridgehead atoms. The van der Waals surface area contributed by atoms with Crippen LogP contribution in [0.1, 0.15) is 15.9 Å². The maximum atomic E-state index is 14.1. The Bertz CT molecular complexity index is 1060. The van der Waals surface area contributed by atoms with Gasteiger partial charge in [0.2, 0.25) is 0 Å². The Morgan fingerprint density at radius 2 is 1.75 bits per heavy atom. The standard InChI is InChI=1S/C21H15Cl2FN2O2/c22-16-10-13(25)11-17(23)20(16)28-14-5-6-15-12(9-14)7-8-26(21(15)27)19-4-2-1-3-18(19)24/h1-6,9-11H,7-8,25H2. The molecule has 3 aromatic rings. The Morgan fingerprint density at radius 1 is 1.04 bits per heavy atom. The maximum Gasteiger partial charge on any atom is 0.258 e. The minimum absolute atomic E-state index is 0.249. The molecule has 0 fully saturated rings. The number of carbonyl (C=O) groups is 1. The first kappa shape index (κ1) is 18.6. The van der Waals surface area contributed by atoms with Crippen LogP contribution >= 0.6 is 23.2 Å². The third kappa shape index (κ3) is 3.39. The third-order valence-electron chi connectivity index (χ3n) is 4.54. The summed E-state index contributed by atoms with van der Waals surface area (Å²) in [7, 11) is 0. The smallest absolute Gasteiger partial charge is 0.258 e. The second kappa shape index (κ2) is 7.34. The summed E-state index contributed by atoms with van der Waals surface area (Å²) >= 11 is 12.3. The molecule has 1 aliphatic rings. The van der Waals surface area contributed by atoms with E-state index in [2.05, 4.69) is 0 Å². The van der Waals surface area contributed by atoms with Crippen molar-refractivity contribution >= 4 is 40.5 Å². The lowest BCUT2D eigenvalue weighted by atomic mass is 9.98. The van der Waals surface area contributed by atoms with Crippen molar-refractivity contribution in [3.05, 3.63) is 81.6 Å². The number of para-hydroxylation sites is 1. The number of nitrogens with two attached hydrogens (primary N) is 1. The number of benzene rings is 3. The summed E-state index contributed by atoms with van der Waals surface area (Å²) in [5, 5.41) is 0.592. The number of rotatable bonds is 3. The van der Waals surface area contributed by atoms with Crippen LogP contribution in [0.3, 0.4) is 0 Å². The Morgan fingerprint density at radius 3 is 2.46 bits per heavy atom. The predicted molar refractivity (Wildman–Crippen MR) is 109 cm³/mol. The van der Waals surface area contributed by atoms with E-state index < -0.39 is 5.82 Å². The van der Waals surface area contributed by atoms with Crippen LogP contribution in [0.4, 0.5) is 15.8 Å². The van der Waals surface area contributed by atoms with Gasteiger partial charge in [0.05, 0.1) is 15.7 Å². The average molecular weight is 417 g/mol. The van der Waals surface area contributed by atoms with Crippen molar-refractivity contribution in [2.45, 2.75) is 6.42 Å². The van der Waals surface area contributed by atoms with Crippen LogP contribution in [0.15, 0.2) is 54.6 Å². The molecule has 0 radical (unpaired) electrons. The number of hydrogen-bond donors (Lipinski definition) is 1. The van der Waals surface area contributed by atoms with Gasteiger partial charge in [0, 0.05) is 17.8 Å². The molecule has 0 spiro atoms. The van der Waals surface area contributed by atoms with Crippen LogP contribution in [-0.4, -0.2) is 12.5 Å². The number of anilines is 2. The molecule has 7 heteroatoms. The average Bonchev–Trinajstić information content (AvgIpc) is 2.66. The summed E-state index contributed by atoms with van der Waals surface area (Å²) in [6.45, 7) is 0.375. The van der Waals surface area contributed by atoms with Gasteiger partial charge in [-0.1, -0.05) is 35.3 Å². The summed E-state index contributed by atoms with van der Waals surface area (Å²) in [6, 6.07) is 14.4. The molecule has 0 atom stereocenters. The van der Waals surface area contributed by atoms with Crippen molar-refractivity contribution in [1.82, 2.24) is 0 Å². The summed E-state index contributed by atoms with van der Waals surface area (Å²) < 4.78 is 19.9. The lowest BCUT2D eigenvalue weighted by molar-refractivity contribution is 0.0979. The quantitative estimate of drug-likeness (QED) is 0.556. The summed E-state index contributed by atoms with van der Waals surface area (Å²) in [4.78, 5) is 14.3. The van der Waals surface area contributed by atoms with Crippen LogP contribution in [0.5, 0.6) is 11.5 Å². The van der Waals surface area contributed by atoms with Gasteiger partial charge in [-0.2, -0.15) is 0 Å². The molecule has 0 unspecified atom stereocenters. The van der Waals surface area contributed by atoms with Gasteiger partial charge in [-0.15, -0.1) is 0 Å². The fraction of sp³-hybridized carbons (Fsp3) is 0.0952. The molecule has 4 nitrogen and oxygen atoms in total. The Labute approximate surface area is 171 Å². The summed E-state index contributed by atoms with van der Waals surface area (Å²) in [6.07, 6.45) is 0.565. The van der Waals surface area contributed by atoms with Crippen LogP contribution in [0.2, 0.25) is 10.0 Å².